The summed E-state index contributed by atoms with van der Waals surface area (Å²) in [7, 11) is -2.18. The molecule has 0 saturated carbocycles. The fourth-order valence-electron chi connectivity index (χ4n) is 2.87. The van der Waals surface area contributed by atoms with Gasteiger partial charge in [-0.2, -0.15) is 0 Å². The maximum atomic E-state index is 12.5. The van der Waals surface area contributed by atoms with Gasteiger partial charge in [-0.1, -0.05) is 12.1 Å². The molecule has 2 rings (SSSR count). The number of aryl methyl sites for hydroxylation is 2. The molecular weight excluding hydrogens is 418 g/mol. The summed E-state index contributed by atoms with van der Waals surface area (Å²) < 4.78 is 32.4. The van der Waals surface area contributed by atoms with Crippen molar-refractivity contribution in [1.29, 1.82) is 0 Å². The highest BCUT2D eigenvalue weighted by molar-refractivity contribution is 7.89. The third-order valence-electron chi connectivity index (χ3n) is 4.84. The van der Waals surface area contributed by atoms with Crippen LogP contribution in [0.4, 0.5) is 5.69 Å². The Balaban J connectivity index is 1.89. The predicted octanol–water partition coefficient (Wildman–Crippen LogP) is 2.47. The maximum Gasteiger partial charge on any atom is 0.243 e. The van der Waals surface area contributed by atoms with Crippen molar-refractivity contribution in [2.75, 3.05) is 32.1 Å². The Bertz CT molecular complexity index is 1040. The molecule has 0 spiro atoms. The van der Waals surface area contributed by atoms with Gasteiger partial charge in [-0.15, -0.1) is 0 Å². The Hall–Kier alpha value is -2.91. The highest BCUT2D eigenvalue weighted by atomic mass is 32.2. The Labute approximate surface area is 183 Å². The van der Waals surface area contributed by atoms with Crippen molar-refractivity contribution in [3.8, 4) is 5.75 Å². The molecule has 0 heterocycles. The molecule has 0 bridgehead atoms. The fourth-order valence-corrected chi connectivity index (χ4v) is 3.98. The zero-order valence-electron chi connectivity index (χ0n) is 18.3. The fraction of sp³-hybridized carbons (Fsp3) is 0.364. The standard InChI is InChI=1S/C22H29N3O5S/c1-5-25(15-21(26)24-18-7-6-8-19(14-18)30-4)22(27)11-12-23-31(28,29)20-10-9-16(2)17(3)13-20/h6-10,13-14,23H,5,11-12,15H2,1-4H3,(H,24,26). The number of nitrogens with zero attached hydrogens (tertiary/aromatic N) is 1. The largest absolute Gasteiger partial charge is 0.497 e. The molecule has 0 radical (unpaired) electrons. The van der Waals surface area contributed by atoms with Crippen LogP contribution in [0.1, 0.15) is 24.5 Å². The summed E-state index contributed by atoms with van der Waals surface area (Å²) in [5, 5.41) is 2.72. The number of hydrogen-bond acceptors (Lipinski definition) is 5. The van der Waals surface area contributed by atoms with Gasteiger partial charge < -0.3 is 15.0 Å². The summed E-state index contributed by atoms with van der Waals surface area (Å²) in [6.07, 6.45) is -0.0512. The zero-order valence-corrected chi connectivity index (χ0v) is 19.1. The monoisotopic (exact) mass is 447 g/mol. The molecule has 2 amide bonds. The number of hydrogen-bond donors (Lipinski definition) is 2. The number of methoxy groups -OCH3 is 1. The number of nitrogens with one attached hydrogen (secondary N) is 2. The summed E-state index contributed by atoms with van der Waals surface area (Å²) in [6.45, 7) is 5.65. The molecule has 0 aliphatic carbocycles. The van der Waals surface area contributed by atoms with Crippen LogP contribution in [0.2, 0.25) is 0 Å². The minimum atomic E-state index is -3.71. The lowest BCUT2D eigenvalue weighted by Crippen LogP contribution is -2.39. The normalized spacial score (nSPS) is 11.1. The van der Waals surface area contributed by atoms with Crippen molar-refractivity contribution < 1.29 is 22.7 Å². The molecule has 8 nitrogen and oxygen atoms in total. The minimum absolute atomic E-state index is 0.0512. The number of amides is 2. The van der Waals surface area contributed by atoms with Crippen LogP contribution in [-0.4, -0.2) is 51.9 Å². The van der Waals surface area contributed by atoms with Gasteiger partial charge in [0, 0.05) is 31.3 Å². The first-order valence-corrected chi connectivity index (χ1v) is 11.4. The third kappa shape index (κ3) is 7.08. The first-order valence-electron chi connectivity index (χ1n) is 9.95. The molecule has 0 aliphatic heterocycles. The molecule has 0 fully saturated rings. The average molecular weight is 448 g/mol. The van der Waals surface area contributed by atoms with Crippen LogP contribution >= 0.6 is 0 Å². The van der Waals surface area contributed by atoms with E-state index >= 15 is 0 Å². The molecule has 9 heteroatoms. The summed E-state index contributed by atoms with van der Waals surface area (Å²) in [6, 6.07) is 11.8. The molecule has 0 atom stereocenters. The first kappa shape index (κ1) is 24.4. The summed E-state index contributed by atoms with van der Waals surface area (Å²) in [5.41, 5.74) is 2.44. The summed E-state index contributed by atoms with van der Waals surface area (Å²) >= 11 is 0. The number of benzene rings is 2. The Morgan fingerprint density at radius 2 is 1.81 bits per heavy atom. The van der Waals surface area contributed by atoms with Crippen LogP contribution in [0.3, 0.4) is 0 Å². The van der Waals surface area contributed by atoms with E-state index in [2.05, 4.69) is 10.0 Å². The number of likely N-dealkylation sites (N-methyl/N-ethyl adjacent to an activating group) is 1. The van der Waals surface area contributed by atoms with E-state index in [0.717, 1.165) is 11.1 Å². The molecule has 0 saturated heterocycles. The average Bonchev–Trinajstić information content (AvgIpc) is 2.73. The van der Waals surface area contributed by atoms with Gasteiger partial charge in [0.2, 0.25) is 21.8 Å². The van der Waals surface area contributed by atoms with E-state index in [-0.39, 0.29) is 36.2 Å². The van der Waals surface area contributed by atoms with E-state index in [1.165, 1.54) is 18.1 Å². The molecule has 2 aromatic carbocycles. The van der Waals surface area contributed by atoms with Crippen molar-refractivity contribution in [2.45, 2.75) is 32.1 Å². The molecule has 168 valence electrons. The Kier molecular flexibility index (Phi) is 8.58. The van der Waals surface area contributed by atoms with Crippen molar-refractivity contribution in [3.63, 3.8) is 0 Å². The Morgan fingerprint density at radius 3 is 2.45 bits per heavy atom. The Morgan fingerprint density at radius 1 is 1.06 bits per heavy atom. The molecule has 0 unspecified atom stereocenters. The third-order valence-corrected chi connectivity index (χ3v) is 6.30. The molecule has 2 aromatic rings. The van der Waals surface area contributed by atoms with E-state index in [1.54, 1.807) is 43.3 Å². The quantitative estimate of drug-likeness (QED) is 0.582. The van der Waals surface area contributed by atoms with Crippen molar-refractivity contribution >= 4 is 27.5 Å². The second kappa shape index (κ2) is 10.9. The number of anilines is 1. The van der Waals surface area contributed by atoms with E-state index in [9.17, 15) is 18.0 Å². The topological polar surface area (TPSA) is 105 Å². The number of rotatable bonds is 10. The molecule has 2 N–H and O–H groups in total. The maximum absolute atomic E-state index is 12.5. The van der Waals surface area contributed by atoms with Crippen LogP contribution in [0, 0.1) is 13.8 Å². The highest BCUT2D eigenvalue weighted by Crippen LogP contribution is 2.17. The van der Waals surface area contributed by atoms with E-state index in [1.807, 2.05) is 13.8 Å². The van der Waals surface area contributed by atoms with Crippen LogP contribution in [0.15, 0.2) is 47.4 Å². The number of ether oxygens (including phenoxy) is 1. The van der Waals surface area contributed by atoms with E-state index < -0.39 is 10.0 Å². The molecule has 31 heavy (non-hydrogen) atoms. The van der Waals surface area contributed by atoms with E-state index in [0.29, 0.717) is 18.0 Å². The van der Waals surface area contributed by atoms with Crippen molar-refractivity contribution in [3.05, 3.63) is 53.6 Å². The van der Waals surface area contributed by atoms with Gasteiger partial charge in [-0.05, 0) is 56.2 Å². The predicted molar refractivity (Wildman–Crippen MR) is 120 cm³/mol. The SMILES string of the molecule is CCN(CC(=O)Nc1cccc(OC)c1)C(=O)CCNS(=O)(=O)c1ccc(C)c(C)c1. The summed E-state index contributed by atoms with van der Waals surface area (Å²) in [4.78, 5) is 26.3. The van der Waals surface area contributed by atoms with Crippen LogP contribution in [0.25, 0.3) is 0 Å². The van der Waals surface area contributed by atoms with Gasteiger partial charge >= 0.3 is 0 Å². The molecule has 0 aromatic heterocycles. The van der Waals surface area contributed by atoms with Gasteiger partial charge in [0.1, 0.15) is 5.75 Å². The van der Waals surface area contributed by atoms with Gasteiger partial charge in [0.25, 0.3) is 0 Å². The summed E-state index contributed by atoms with van der Waals surface area (Å²) in [5.74, 6) is -0.0532. The molecule has 0 aliphatic rings. The lowest BCUT2D eigenvalue weighted by atomic mass is 10.1. The van der Waals surface area contributed by atoms with Gasteiger partial charge in [0.05, 0.1) is 18.6 Å². The lowest BCUT2D eigenvalue weighted by molar-refractivity contribution is -0.134. The zero-order chi connectivity index (χ0) is 23.0. The number of carbonyl (C=O) groups excluding carboxylic acids is 2. The molecular formula is C22H29N3O5S. The number of sulfonamides is 1. The van der Waals surface area contributed by atoms with Crippen LogP contribution in [0.5, 0.6) is 5.75 Å². The van der Waals surface area contributed by atoms with Crippen molar-refractivity contribution in [1.82, 2.24) is 9.62 Å². The second-order valence-corrected chi connectivity index (χ2v) is 8.85. The van der Waals surface area contributed by atoms with Crippen LogP contribution in [-0.2, 0) is 19.6 Å². The minimum Gasteiger partial charge on any atom is -0.497 e. The smallest absolute Gasteiger partial charge is 0.243 e. The van der Waals surface area contributed by atoms with Gasteiger partial charge in [-0.25, -0.2) is 13.1 Å². The van der Waals surface area contributed by atoms with E-state index in [4.69, 9.17) is 4.74 Å². The highest BCUT2D eigenvalue weighted by Gasteiger charge is 2.18. The van der Waals surface area contributed by atoms with Gasteiger partial charge in [0.15, 0.2) is 0 Å². The van der Waals surface area contributed by atoms with Crippen molar-refractivity contribution in [2.24, 2.45) is 0 Å². The lowest BCUT2D eigenvalue weighted by Gasteiger charge is -2.20. The van der Waals surface area contributed by atoms with Gasteiger partial charge in [-0.3, -0.25) is 9.59 Å². The van der Waals surface area contributed by atoms with Crippen LogP contribution < -0.4 is 14.8 Å². The number of carbonyl (C=O) groups is 2. The second-order valence-electron chi connectivity index (χ2n) is 7.08. The first-order chi connectivity index (χ1) is 14.7.